The lowest BCUT2D eigenvalue weighted by atomic mass is 10.3. The minimum atomic E-state index is 0.868. The number of ether oxygens (including phenoxy) is 1. The second kappa shape index (κ2) is 6.02. The van der Waals surface area contributed by atoms with Crippen LogP contribution < -0.4 is 5.32 Å². The molecule has 1 aromatic rings. The highest BCUT2D eigenvalue weighted by molar-refractivity contribution is 5.46. The first kappa shape index (κ1) is 12.4. The summed E-state index contributed by atoms with van der Waals surface area (Å²) < 4.78 is 7.20. The molecule has 0 bridgehead atoms. The SMILES string of the molecule is CCc1nn(C)cc1NCCN1CCOCC1. The van der Waals surface area contributed by atoms with E-state index in [0.29, 0.717) is 0 Å². The molecule has 1 aromatic heterocycles. The average Bonchev–Trinajstić information content (AvgIpc) is 2.71. The van der Waals surface area contributed by atoms with Crippen LogP contribution in [0.4, 0.5) is 5.69 Å². The van der Waals surface area contributed by atoms with Gasteiger partial charge in [0.25, 0.3) is 0 Å². The molecule has 0 aromatic carbocycles. The van der Waals surface area contributed by atoms with Crippen molar-refractivity contribution in [1.82, 2.24) is 14.7 Å². The Bertz CT molecular complexity index is 344. The minimum Gasteiger partial charge on any atom is -0.381 e. The summed E-state index contributed by atoms with van der Waals surface area (Å²) in [5.74, 6) is 0. The van der Waals surface area contributed by atoms with Gasteiger partial charge in [0, 0.05) is 39.4 Å². The van der Waals surface area contributed by atoms with Crippen molar-refractivity contribution in [2.75, 3.05) is 44.7 Å². The van der Waals surface area contributed by atoms with Gasteiger partial charge in [-0.3, -0.25) is 9.58 Å². The van der Waals surface area contributed by atoms with Crippen molar-refractivity contribution in [2.24, 2.45) is 7.05 Å². The van der Waals surface area contributed by atoms with E-state index in [2.05, 4.69) is 28.4 Å². The van der Waals surface area contributed by atoms with Crippen LogP contribution in [0.3, 0.4) is 0 Å². The van der Waals surface area contributed by atoms with Crippen LogP contribution in [-0.2, 0) is 18.2 Å². The third-order valence-electron chi connectivity index (χ3n) is 3.09. The van der Waals surface area contributed by atoms with E-state index in [0.717, 1.165) is 51.5 Å². The van der Waals surface area contributed by atoms with Crippen molar-refractivity contribution in [2.45, 2.75) is 13.3 Å². The second-order valence-electron chi connectivity index (χ2n) is 4.40. The predicted octanol–water partition coefficient (Wildman–Crippen LogP) is 0.727. The number of hydrogen-bond acceptors (Lipinski definition) is 4. The Labute approximate surface area is 103 Å². The van der Waals surface area contributed by atoms with Crippen LogP contribution in [0.5, 0.6) is 0 Å². The summed E-state index contributed by atoms with van der Waals surface area (Å²) >= 11 is 0. The Kier molecular flexibility index (Phi) is 4.39. The molecule has 0 spiro atoms. The molecule has 5 nitrogen and oxygen atoms in total. The number of hydrogen-bond donors (Lipinski definition) is 1. The molecule has 0 aliphatic carbocycles. The quantitative estimate of drug-likeness (QED) is 0.821. The molecule has 1 aliphatic heterocycles. The van der Waals surface area contributed by atoms with Crippen molar-refractivity contribution in [3.05, 3.63) is 11.9 Å². The zero-order valence-electron chi connectivity index (χ0n) is 10.8. The molecular formula is C12H22N4O. The van der Waals surface area contributed by atoms with Crippen LogP contribution in [0.2, 0.25) is 0 Å². The molecule has 2 heterocycles. The monoisotopic (exact) mass is 238 g/mol. The first-order chi connectivity index (χ1) is 8.29. The Hall–Kier alpha value is -1.07. The fourth-order valence-corrected chi connectivity index (χ4v) is 2.12. The highest BCUT2D eigenvalue weighted by atomic mass is 16.5. The van der Waals surface area contributed by atoms with E-state index in [-0.39, 0.29) is 0 Å². The molecule has 0 saturated carbocycles. The van der Waals surface area contributed by atoms with Gasteiger partial charge in [0.05, 0.1) is 24.6 Å². The maximum Gasteiger partial charge on any atom is 0.0853 e. The fourth-order valence-electron chi connectivity index (χ4n) is 2.12. The lowest BCUT2D eigenvalue weighted by Gasteiger charge is -2.26. The van der Waals surface area contributed by atoms with E-state index in [9.17, 15) is 0 Å². The molecule has 0 amide bonds. The summed E-state index contributed by atoms with van der Waals surface area (Å²) in [6, 6.07) is 0. The average molecular weight is 238 g/mol. The number of morpholine rings is 1. The predicted molar refractivity (Wildman–Crippen MR) is 68.3 cm³/mol. The van der Waals surface area contributed by atoms with Gasteiger partial charge >= 0.3 is 0 Å². The number of rotatable bonds is 5. The fraction of sp³-hybridized carbons (Fsp3) is 0.750. The first-order valence-corrected chi connectivity index (χ1v) is 6.36. The van der Waals surface area contributed by atoms with Crippen molar-refractivity contribution in [3.8, 4) is 0 Å². The maximum absolute atomic E-state index is 5.33. The summed E-state index contributed by atoms with van der Waals surface area (Å²) in [7, 11) is 1.96. The standard InChI is InChI=1S/C12H22N4O/c1-3-11-12(10-15(2)14-11)13-4-5-16-6-8-17-9-7-16/h10,13H,3-9H2,1-2H3. The van der Waals surface area contributed by atoms with Gasteiger partial charge in [-0.1, -0.05) is 6.92 Å². The summed E-state index contributed by atoms with van der Waals surface area (Å²) in [6.45, 7) is 8.01. The third kappa shape index (κ3) is 3.44. The highest BCUT2D eigenvalue weighted by Crippen LogP contribution is 2.13. The van der Waals surface area contributed by atoms with E-state index in [4.69, 9.17) is 4.74 Å². The number of nitrogens with one attached hydrogen (secondary N) is 1. The largest absolute Gasteiger partial charge is 0.381 e. The molecule has 1 fully saturated rings. The summed E-state index contributed by atoms with van der Waals surface area (Å²) in [4.78, 5) is 2.43. The maximum atomic E-state index is 5.33. The van der Waals surface area contributed by atoms with Crippen LogP contribution in [0.25, 0.3) is 0 Å². The van der Waals surface area contributed by atoms with Crippen LogP contribution in [-0.4, -0.2) is 54.1 Å². The summed E-state index contributed by atoms with van der Waals surface area (Å²) in [5.41, 5.74) is 2.32. The molecule has 2 rings (SSSR count). The molecule has 0 atom stereocenters. The second-order valence-corrected chi connectivity index (χ2v) is 4.40. The number of aromatic nitrogens is 2. The van der Waals surface area contributed by atoms with Crippen LogP contribution in [0, 0.1) is 0 Å². The molecule has 1 N–H and O–H groups in total. The lowest BCUT2D eigenvalue weighted by molar-refractivity contribution is 0.0398. The summed E-state index contributed by atoms with van der Waals surface area (Å²) in [5, 5.41) is 7.88. The van der Waals surface area contributed by atoms with E-state index in [1.165, 1.54) is 5.69 Å². The van der Waals surface area contributed by atoms with Gasteiger partial charge in [-0.05, 0) is 6.42 Å². The van der Waals surface area contributed by atoms with E-state index in [1.54, 1.807) is 0 Å². The Morgan fingerprint density at radius 3 is 2.88 bits per heavy atom. The van der Waals surface area contributed by atoms with Gasteiger partial charge in [-0.25, -0.2) is 0 Å². The molecule has 1 aliphatic rings. The number of aryl methyl sites for hydroxylation is 2. The molecule has 17 heavy (non-hydrogen) atoms. The van der Waals surface area contributed by atoms with Gasteiger partial charge in [0.1, 0.15) is 0 Å². The molecular weight excluding hydrogens is 216 g/mol. The lowest BCUT2D eigenvalue weighted by Crippen LogP contribution is -2.39. The molecule has 5 heteroatoms. The molecule has 0 unspecified atom stereocenters. The topological polar surface area (TPSA) is 42.3 Å². The Balaban J connectivity index is 1.76. The zero-order chi connectivity index (χ0) is 12.1. The Morgan fingerprint density at radius 1 is 1.41 bits per heavy atom. The van der Waals surface area contributed by atoms with Crippen molar-refractivity contribution in [1.29, 1.82) is 0 Å². The van der Waals surface area contributed by atoms with Crippen LogP contribution in [0.1, 0.15) is 12.6 Å². The van der Waals surface area contributed by atoms with E-state index >= 15 is 0 Å². The molecule has 96 valence electrons. The number of nitrogens with zero attached hydrogens (tertiary/aromatic N) is 3. The van der Waals surface area contributed by atoms with Crippen molar-refractivity contribution < 1.29 is 4.74 Å². The minimum absolute atomic E-state index is 0.868. The van der Waals surface area contributed by atoms with Crippen molar-refractivity contribution in [3.63, 3.8) is 0 Å². The third-order valence-corrected chi connectivity index (χ3v) is 3.09. The van der Waals surface area contributed by atoms with Gasteiger partial charge in [-0.2, -0.15) is 5.10 Å². The normalized spacial score (nSPS) is 17.3. The Morgan fingerprint density at radius 2 is 2.18 bits per heavy atom. The smallest absolute Gasteiger partial charge is 0.0853 e. The van der Waals surface area contributed by atoms with E-state index < -0.39 is 0 Å². The number of anilines is 1. The van der Waals surface area contributed by atoms with Crippen molar-refractivity contribution >= 4 is 5.69 Å². The highest BCUT2D eigenvalue weighted by Gasteiger charge is 2.10. The van der Waals surface area contributed by atoms with Gasteiger partial charge in [0.2, 0.25) is 0 Å². The van der Waals surface area contributed by atoms with Gasteiger partial charge < -0.3 is 10.1 Å². The molecule has 0 radical (unpaired) electrons. The summed E-state index contributed by atoms with van der Waals surface area (Å²) in [6.07, 6.45) is 3.03. The first-order valence-electron chi connectivity index (χ1n) is 6.36. The van der Waals surface area contributed by atoms with Gasteiger partial charge in [-0.15, -0.1) is 0 Å². The van der Waals surface area contributed by atoms with E-state index in [1.807, 2.05) is 11.7 Å². The van der Waals surface area contributed by atoms with Crippen LogP contribution >= 0.6 is 0 Å². The zero-order valence-corrected chi connectivity index (χ0v) is 10.8. The molecule has 1 saturated heterocycles. The van der Waals surface area contributed by atoms with Gasteiger partial charge in [0.15, 0.2) is 0 Å². The van der Waals surface area contributed by atoms with Crippen LogP contribution in [0.15, 0.2) is 6.20 Å².